The number of alkyl halides is 3. The molecule has 0 atom stereocenters. The summed E-state index contributed by atoms with van der Waals surface area (Å²) < 4.78 is 51.5. The molecule has 0 radical (unpaired) electrons. The van der Waals surface area contributed by atoms with Gasteiger partial charge in [-0.2, -0.15) is 21.6 Å². The molecule has 0 heterocycles. The average molecular weight is 247 g/mol. The van der Waals surface area contributed by atoms with Crippen LogP contribution in [-0.4, -0.2) is 14.6 Å². The molecule has 0 aliphatic heterocycles. The summed E-state index contributed by atoms with van der Waals surface area (Å²) in [6.07, 6.45) is -4.43. The molecule has 0 aromatic carbocycles. The smallest absolute Gasteiger partial charge is 0.195 e. The van der Waals surface area contributed by atoms with E-state index in [2.05, 4.69) is 21.4 Å². The van der Waals surface area contributed by atoms with Crippen LogP contribution in [0.5, 0.6) is 0 Å². The number of halogens is 5. The van der Waals surface area contributed by atoms with Crippen molar-refractivity contribution in [2.45, 2.75) is 25.9 Å². The fourth-order valence-corrected chi connectivity index (χ4v) is 0.283. The van der Waals surface area contributed by atoms with E-state index in [-0.39, 0.29) is 6.42 Å². The van der Waals surface area contributed by atoms with Crippen molar-refractivity contribution in [1.29, 1.82) is 0 Å². The van der Waals surface area contributed by atoms with Crippen LogP contribution in [0.15, 0.2) is 0 Å². The van der Waals surface area contributed by atoms with Crippen LogP contribution >= 0.6 is 21.4 Å². The summed E-state index contributed by atoms with van der Waals surface area (Å²) in [4.78, 5) is 0. The molecule has 76 valence electrons. The molecule has 0 saturated heterocycles. The van der Waals surface area contributed by atoms with E-state index in [1.807, 2.05) is 0 Å². The third kappa shape index (κ3) is 48.0. The van der Waals surface area contributed by atoms with Crippen molar-refractivity contribution in [3.05, 3.63) is 0 Å². The molecule has 8 heteroatoms. The molecule has 0 saturated carbocycles. The van der Waals surface area contributed by atoms with Gasteiger partial charge in [0.1, 0.15) is 0 Å². The molecule has 0 N–H and O–H groups in total. The Hall–Kier alpha value is 0.320. The highest BCUT2D eigenvalue weighted by Crippen LogP contribution is 2.20. The first-order chi connectivity index (χ1) is 5.06. The van der Waals surface area contributed by atoms with Crippen LogP contribution in [0.1, 0.15) is 19.8 Å². The van der Waals surface area contributed by atoms with Crippen molar-refractivity contribution in [3.63, 3.8) is 0 Å². The predicted molar refractivity (Wildman–Crippen MR) is 41.6 cm³/mol. The van der Waals surface area contributed by atoms with Crippen LogP contribution in [0.25, 0.3) is 0 Å². The zero-order chi connectivity index (χ0) is 10.4. The second-order valence-electron chi connectivity index (χ2n) is 1.74. The van der Waals surface area contributed by atoms with Gasteiger partial charge in [0.2, 0.25) is 0 Å². The highest BCUT2D eigenvalue weighted by Gasteiger charge is 2.24. The molecule has 0 fully saturated rings. The van der Waals surface area contributed by atoms with Crippen LogP contribution in [0, 0.1) is 0 Å². The third-order valence-corrected chi connectivity index (χ3v) is 0.533. The summed E-state index contributed by atoms with van der Waals surface area (Å²) in [6.45, 7) is 1.51. The molecule has 0 rings (SSSR count). The lowest BCUT2D eigenvalue weighted by Crippen LogP contribution is -2.04. The molecule has 0 amide bonds. The van der Waals surface area contributed by atoms with Gasteiger partial charge < -0.3 is 0 Å². The Balaban J connectivity index is 0. The fraction of sp³-hybridized carbons (Fsp3) is 1.00. The predicted octanol–water partition coefficient (Wildman–Crippen LogP) is 3.06. The van der Waals surface area contributed by atoms with E-state index < -0.39 is 20.9 Å². The maximum Gasteiger partial charge on any atom is 0.389 e. The van der Waals surface area contributed by atoms with Gasteiger partial charge in [-0.05, 0) is 6.42 Å². The summed E-state index contributed by atoms with van der Waals surface area (Å²) in [5.74, 6) is 0. The van der Waals surface area contributed by atoms with Gasteiger partial charge in [-0.1, -0.05) is 6.92 Å². The van der Waals surface area contributed by atoms with Crippen molar-refractivity contribution < 1.29 is 21.6 Å². The van der Waals surface area contributed by atoms with Crippen molar-refractivity contribution in [3.8, 4) is 0 Å². The van der Waals surface area contributed by atoms with E-state index in [1.165, 1.54) is 6.92 Å². The third-order valence-electron chi connectivity index (χ3n) is 0.533. The molecule has 0 spiro atoms. The SMILES string of the molecule is CCCC(F)(F)F.O=S(=O)(Cl)Cl. The summed E-state index contributed by atoms with van der Waals surface area (Å²) in [6, 6.07) is 0. The number of rotatable bonds is 1. The minimum atomic E-state index is -3.95. The van der Waals surface area contributed by atoms with Crippen molar-refractivity contribution in [2.24, 2.45) is 0 Å². The Bertz CT molecular complexity index is 191. The Kier molecular flexibility index (Phi) is 7.26. The molecular formula is C4H7Cl2F3O2S. The number of hydrogen-bond acceptors (Lipinski definition) is 2. The van der Waals surface area contributed by atoms with Gasteiger partial charge >= 0.3 is 14.4 Å². The zero-order valence-electron chi connectivity index (χ0n) is 6.03. The summed E-state index contributed by atoms with van der Waals surface area (Å²) in [7, 11) is 4.81. The standard InChI is InChI=1S/C4H7F3.Cl2O2S/c1-2-3-4(5,6)7;1-5(2,3)4/h2-3H2,1H3;. The molecule has 12 heavy (non-hydrogen) atoms. The van der Waals surface area contributed by atoms with E-state index in [1.54, 1.807) is 0 Å². The van der Waals surface area contributed by atoms with Gasteiger partial charge in [-0.25, -0.2) is 0 Å². The summed E-state index contributed by atoms with van der Waals surface area (Å²) in [5.41, 5.74) is 0. The largest absolute Gasteiger partial charge is 0.389 e. The van der Waals surface area contributed by atoms with Gasteiger partial charge in [-0.3, -0.25) is 0 Å². The Morgan fingerprint density at radius 3 is 1.50 bits per heavy atom. The quantitative estimate of drug-likeness (QED) is 0.667. The molecule has 0 aromatic heterocycles. The summed E-state index contributed by atoms with van der Waals surface area (Å²) >= 11 is 0. The lowest BCUT2D eigenvalue weighted by atomic mass is 10.3. The first-order valence-corrected chi connectivity index (χ1v) is 5.91. The maximum absolute atomic E-state index is 11.1. The molecule has 2 nitrogen and oxygen atoms in total. The normalized spacial score (nSPS) is 11.8. The Labute approximate surface area is 77.6 Å². The van der Waals surface area contributed by atoms with E-state index in [0.717, 1.165) is 0 Å². The second-order valence-corrected chi connectivity index (χ2v) is 5.41. The minimum Gasteiger partial charge on any atom is -0.195 e. The highest BCUT2D eigenvalue weighted by atomic mass is 36.0. The van der Waals surface area contributed by atoms with Gasteiger partial charge in [-0.15, -0.1) is 0 Å². The number of hydrogen-bond donors (Lipinski definition) is 0. The van der Waals surface area contributed by atoms with Gasteiger partial charge in [0.05, 0.1) is 0 Å². The highest BCUT2D eigenvalue weighted by molar-refractivity contribution is 8.31. The average Bonchev–Trinajstić information content (AvgIpc) is 1.54. The van der Waals surface area contributed by atoms with Crippen LogP contribution in [-0.2, 0) is 8.26 Å². The van der Waals surface area contributed by atoms with Crippen LogP contribution < -0.4 is 0 Å². The molecule has 0 unspecified atom stereocenters. The van der Waals surface area contributed by atoms with E-state index in [9.17, 15) is 13.2 Å². The Morgan fingerprint density at radius 2 is 1.50 bits per heavy atom. The molecular weight excluding hydrogens is 240 g/mol. The van der Waals surface area contributed by atoms with Crippen LogP contribution in [0.4, 0.5) is 13.2 Å². The van der Waals surface area contributed by atoms with Gasteiger partial charge in [0, 0.05) is 27.8 Å². The lowest BCUT2D eigenvalue weighted by Gasteiger charge is -2.00. The zero-order valence-corrected chi connectivity index (χ0v) is 8.36. The van der Waals surface area contributed by atoms with Gasteiger partial charge in [0.25, 0.3) is 0 Å². The molecule has 0 aliphatic carbocycles. The van der Waals surface area contributed by atoms with Crippen molar-refractivity contribution >= 4 is 29.6 Å². The molecule has 0 aliphatic rings. The van der Waals surface area contributed by atoms with Crippen LogP contribution in [0.2, 0.25) is 0 Å². The first-order valence-electron chi connectivity index (χ1n) is 2.77. The van der Waals surface area contributed by atoms with Crippen molar-refractivity contribution in [2.75, 3.05) is 0 Å². The fourth-order valence-electron chi connectivity index (χ4n) is 0.283. The van der Waals surface area contributed by atoms with Crippen molar-refractivity contribution in [1.82, 2.24) is 0 Å². The first kappa shape index (κ1) is 14.8. The monoisotopic (exact) mass is 246 g/mol. The lowest BCUT2D eigenvalue weighted by molar-refractivity contribution is -0.134. The second kappa shape index (κ2) is 5.88. The topological polar surface area (TPSA) is 34.1 Å². The Morgan fingerprint density at radius 1 is 1.25 bits per heavy atom. The molecule has 0 bridgehead atoms. The summed E-state index contributed by atoms with van der Waals surface area (Å²) in [5, 5.41) is 0. The minimum absolute atomic E-state index is 0.184. The van der Waals surface area contributed by atoms with E-state index >= 15 is 0 Å². The van der Waals surface area contributed by atoms with E-state index in [4.69, 9.17) is 8.42 Å². The maximum atomic E-state index is 11.1. The molecule has 0 aromatic rings. The van der Waals surface area contributed by atoms with E-state index in [0.29, 0.717) is 0 Å². The van der Waals surface area contributed by atoms with Gasteiger partial charge in [0.15, 0.2) is 0 Å². The van der Waals surface area contributed by atoms with Crippen LogP contribution in [0.3, 0.4) is 0 Å².